The summed E-state index contributed by atoms with van der Waals surface area (Å²) in [5, 5.41) is 16.4. The monoisotopic (exact) mass is 267 g/mol. The van der Waals surface area contributed by atoms with Crippen LogP contribution in [0.1, 0.15) is 16.8 Å². The molecule has 0 unspecified atom stereocenters. The van der Waals surface area contributed by atoms with E-state index in [9.17, 15) is 19.3 Å². The number of nitrogens with one attached hydrogen (secondary N) is 1. The van der Waals surface area contributed by atoms with Crippen LogP contribution in [0.2, 0.25) is 0 Å². The molecule has 19 heavy (non-hydrogen) atoms. The molecule has 1 amide bonds. The summed E-state index contributed by atoms with van der Waals surface area (Å²) in [6.07, 6.45) is 0.408. The van der Waals surface area contributed by atoms with Gasteiger partial charge in [-0.3, -0.25) is 14.9 Å². The topological polar surface area (TPSA) is 121 Å². The lowest BCUT2D eigenvalue weighted by molar-refractivity contribution is -0.385. The Labute approximate surface area is 107 Å². The van der Waals surface area contributed by atoms with E-state index in [4.69, 9.17) is 5.53 Å². The molecule has 100 valence electrons. The predicted molar refractivity (Wildman–Crippen MR) is 64.0 cm³/mol. The van der Waals surface area contributed by atoms with Gasteiger partial charge in [0.2, 0.25) is 0 Å². The number of nitro groups is 1. The fraction of sp³-hybridized carbons (Fsp3) is 0.300. The highest BCUT2D eigenvalue weighted by molar-refractivity contribution is 5.98. The molecule has 0 radical (unpaired) electrons. The number of carbonyl (C=O) groups is 1. The van der Waals surface area contributed by atoms with Crippen LogP contribution >= 0.6 is 0 Å². The van der Waals surface area contributed by atoms with Gasteiger partial charge in [-0.05, 0) is 24.1 Å². The minimum atomic E-state index is -0.821. The molecule has 1 aromatic carbocycles. The molecule has 0 atom stereocenters. The molecule has 0 spiro atoms. The molecule has 0 saturated carbocycles. The van der Waals surface area contributed by atoms with Crippen molar-refractivity contribution in [2.75, 3.05) is 13.1 Å². The first-order valence-electron chi connectivity index (χ1n) is 5.29. The first-order chi connectivity index (χ1) is 9.06. The summed E-state index contributed by atoms with van der Waals surface area (Å²) in [7, 11) is 0. The normalized spacial score (nSPS) is 9.53. The quantitative estimate of drug-likeness (QED) is 0.212. The van der Waals surface area contributed by atoms with E-state index in [-0.39, 0.29) is 18.7 Å². The van der Waals surface area contributed by atoms with Crippen molar-refractivity contribution in [3.63, 3.8) is 0 Å². The number of rotatable bonds is 6. The summed E-state index contributed by atoms with van der Waals surface area (Å²) in [6.45, 7) is 0.411. The highest BCUT2D eigenvalue weighted by Crippen LogP contribution is 2.19. The number of hydrogen-bond donors (Lipinski definition) is 1. The summed E-state index contributed by atoms with van der Waals surface area (Å²) < 4.78 is 12.9. The second-order valence-electron chi connectivity index (χ2n) is 3.48. The fourth-order valence-electron chi connectivity index (χ4n) is 1.34. The molecule has 0 aliphatic heterocycles. The van der Waals surface area contributed by atoms with Crippen LogP contribution in [-0.4, -0.2) is 23.9 Å². The number of benzene rings is 1. The van der Waals surface area contributed by atoms with Crippen molar-refractivity contribution in [1.29, 1.82) is 0 Å². The van der Waals surface area contributed by atoms with Crippen LogP contribution in [0.4, 0.5) is 10.1 Å². The summed E-state index contributed by atoms with van der Waals surface area (Å²) in [5.74, 6) is -1.46. The minimum Gasteiger partial charge on any atom is -0.352 e. The molecular weight excluding hydrogens is 257 g/mol. The summed E-state index contributed by atoms with van der Waals surface area (Å²) in [5.41, 5.74) is 7.23. The molecule has 0 aliphatic rings. The van der Waals surface area contributed by atoms with E-state index in [1.165, 1.54) is 0 Å². The maximum Gasteiger partial charge on any atom is 0.285 e. The number of carbonyl (C=O) groups excluding carboxylic acids is 1. The van der Waals surface area contributed by atoms with Crippen LogP contribution in [0.5, 0.6) is 0 Å². The lowest BCUT2D eigenvalue weighted by Crippen LogP contribution is -2.25. The van der Waals surface area contributed by atoms with Gasteiger partial charge in [0, 0.05) is 18.0 Å². The van der Waals surface area contributed by atoms with E-state index in [1.54, 1.807) is 0 Å². The van der Waals surface area contributed by atoms with E-state index >= 15 is 0 Å². The molecule has 0 heterocycles. The highest BCUT2D eigenvalue weighted by atomic mass is 19.1. The second kappa shape index (κ2) is 6.92. The van der Waals surface area contributed by atoms with Gasteiger partial charge in [0.25, 0.3) is 11.6 Å². The van der Waals surface area contributed by atoms with E-state index in [2.05, 4.69) is 15.3 Å². The molecule has 1 aromatic rings. The zero-order valence-electron chi connectivity index (χ0n) is 9.74. The standard InChI is InChI=1S/C10H10FN5O3/c11-7-2-3-8(9(6-7)16(18)19)10(17)13-4-1-5-14-15-12/h2-3,6H,1,4-5H2,(H,13,17). The molecule has 0 fully saturated rings. The summed E-state index contributed by atoms with van der Waals surface area (Å²) in [6, 6.07) is 2.72. The maximum absolute atomic E-state index is 12.9. The summed E-state index contributed by atoms with van der Waals surface area (Å²) >= 11 is 0. The smallest absolute Gasteiger partial charge is 0.285 e. The zero-order chi connectivity index (χ0) is 14.3. The Kier molecular flexibility index (Phi) is 5.24. The van der Waals surface area contributed by atoms with Gasteiger partial charge in [0.15, 0.2) is 0 Å². The van der Waals surface area contributed by atoms with E-state index < -0.39 is 22.3 Å². The number of amides is 1. The molecule has 1 rings (SSSR count). The minimum absolute atomic E-state index is 0.201. The Morgan fingerprint density at radius 1 is 1.58 bits per heavy atom. The molecule has 9 heteroatoms. The van der Waals surface area contributed by atoms with Gasteiger partial charge in [-0.2, -0.15) is 0 Å². The van der Waals surface area contributed by atoms with Crippen molar-refractivity contribution in [3.05, 3.63) is 50.1 Å². The number of halogens is 1. The van der Waals surface area contributed by atoms with Gasteiger partial charge < -0.3 is 5.32 Å². The average molecular weight is 267 g/mol. The number of nitro benzene ring substituents is 1. The maximum atomic E-state index is 12.9. The van der Waals surface area contributed by atoms with Gasteiger partial charge >= 0.3 is 0 Å². The number of azide groups is 1. The van der Waals surface area contributed by atoms with Crippen molar-refractivity contribution in [1.82, 2.24) is 5.32 Å². The third-order valence-corrected chi connectivity index (χ3v) is 2.18. The molecule has 0 saturated heterocycles. The fourth-order valence-corrected chi connectivity index (χ4v) is 1.34. The van der Waals surface area contributed by atoms with E-state index in [1.807, 2.05) is 0 Å². The van der Waals surface area contributed by atoms with Crippen molar-refractivity contribution in [2.24, 2.45) is 5.11 Å². The van der Waals surface area contributed by atoms with Crippen molar-refractivity contribution >= 4 is 11.6 Å². The Hall–Kier alpha value is -2.67. The number of hydrogen-bond acceptors (Lipinski definition) is 4. The van der Waals surface area contributed by atoms with Crippen LogP contribution in [0.25, 0.3) is 10.4 Å². The van der Waals surface area contributed by atoms with Gasteiger partial charge in [0.1, 0.15) is 11.4 Å². The Morgan fingerprint density at radius 2 is 2.32 bits per heavy atom. The van der Waals surface area contributed by atoms with Crippen molar-refractivity contribution in [3.8, 4) is 0 Å². The third-order valence-electron chi connectivity index (χ3n) is 2.18. The zero-order valence-corrected chi connectivity index (χ0v) is 9.74. The van der Waals surface area contributed by atoms with E-state index in [0.29, 0.717) is 12.5 Å². The molecular formula is C10H10FN5O3. The Balaban J connectivity index is 2.71. The molecule has 0 bridgehead atoms. The SMILES string of the molecule is [N-]=[N+]=NCCCNC(=O)c1ccc(F)cc1[N+](=O)[O-]. The molecule has 0 aliphatic carbocycles. The van der Waals surface area contributed by atoms with Crippen LogP contribution in [0, 0.1) is 15.9 Å². The average Bonchev–Trinajstić information content (AvgIpc) is 2.38. The van der Waals surface area contributed by atoms with Crippen molar-refractivity contribution in [2.45, 2.75) is 6.42 Å². The van der Waals surface area contributed by atoms with E-state index in [0.717, 1.165) is 12.1 Å². The summed E-state index contributed by atoms with van der Waals surface area (Å²) in [4.78, 5) is 24.1. The molecule has 1 N–H and O–H groups in total. The van der Waals surface area contributed by atoms with Crippen LogP contribution in [0.3, 0.4) is 0 Å². The first kappa shape index (κ1) is 14.4. The largest absolute Gasteiger partial charge is 0.352 e. The van der Waals surface area contributed by atoms with Gasteiger partial charge in [-0.1, -0.05) is 5.11 Å². The van der Waals surface area contributed by atoms with Gasteiger partial charge in [-0.25, -0.2) is 4.39 Å². The molecule has 8 nitrogen and oxygen atoms in total. The first-order valence-corrected chi connectivity index (χ1v) is 5.29. The van der Waals surface area contributed by atoms with Crippen LogP contribution in [0.15, 0.2) is 23.3 Å². The van der Waals surface area contributed by atoms with Crippen LogP contribution in [-0.2, 0) is 0 Å². The Morgan fingerprint density at radius 3 is 2.95 bits per heavy atom. The second-order valence-corrected chi connectivity index (χ2v) is 3.48. The van der Waals surface area contributed by atoms with Crippen LogP contribution < -0.4 is 5.32 Å². The highest BCUT2D eigenvalue weighted by Gasteiger charge is 2.20. The van der Waals surface area contributed by atoms with Gasteiger partial charge in [0.05, 0.1) is 11.0 Å². The van der Waals surface area contributed by atoms with Gasteiger partial charge in [-0.15, -0.1) is 0 Å². The lowest BCUT2D eigenvalue weighted by Gasteiger charge is -2.04. The molecule has 0 aromatic heterocycles. The predicted octanol–water partition coefficient (Wildman–Crippen LogP) is 2.16. The third kappa shape index (κ3) is 4.25. The van der Waals surface area contributed by atoms with Crippen molar-refractivity contribution < 1.29 is 14.1 Å². The number of nitrogens with zero attached hydrogens (tertiary/aromatic N) is 4. The Bertz CT molecular complexity index is 542. The lowest BCUT2D eigenvalue weighted by atomic mass is 10.1.